The van der Waals surface area contributed by atoms with Crippen molar-refractivity contribution in [2.45, 2.75) is 51.4 Å². The van der Waals surface area contributed by atoms with Gasteiger partial charge in [0.05, 0.1) is 0 Å². The minimum absolute atomic E-state index is 0.375. The Labute approximate surface area is 150 Å². The number of carboxylic acids is 1. The molecule has 0 atom stereocenters. The van der Waals surface area contributed by atoms with Crippen molar-refractivity contribution >= 4 is 17.7 Å². The highest BCUT2D eigenvalue weighted by Gasteiger charge is 2.12. The van der Waals surface area contributed by atoms with E-state index in [1.54, 1.807) is 17.7 Å². The van der Waals surface area contributed by atoms with Crippen molar-refractivity contribution in [3.8, 4) is 0 Å². The van der Waals surface area contributed by atoms with Gasteiger partial charge in [0.2, 0.25) is 0 Å². The molecule has 0 saturated carbocycles. The van der Waals surface area contributed by atoms with E-state index in [4.69, 9.17) is 5.11 Å². The van der Waals surface area contributed by atoms with Gasteiger partial charge in [-0.2, -0.15) is 0 Å². The molecule has 140 valence electrons. The summed E-state index contributed by atoms with van der Waals surface area (Å²) in [5, 5.41) is 14.3. The Balaban J connectivity index is 2.18. The first kappa shape index (κ1) is 20.8. The summed E-state index contributed by atoms with van der Waals surface area (Å²) in [6.07, 6.45) is 11.8. The molecule has 0 spiro atoms. The summed E-state index contributed by atoms with van der Waals surface area (Å²) in [7, 11) is 1.79. The molecule has 0 aliphatic carbocycles. The molecule has 1 aromatic rings. The third-order valence-electron chi connectivity index (χ3n) is 4.15. The molecule has 0 saturated heterocycles. The Morgan fingerprint density at radius 3 is 2.40 bits per heavy atom. The maximum Gasteiger partial charge on any atom is 0.322 e. The Morgan fingerprint density at radius 2 is 1.76 bits per heavy atom. The number of nitrogens with one attached hydrogen (secondary N) is 2. The van der Waals surface area contributed by atoms with Gasteiger partial charge in [-0.15, -0.1) is 6.58 Å². The number of aliphatic carboxylic acids is 1. The van der Waals surface area contributed by atoms with E-state index in [9.17, 15) is 9.59 Å². The number of nitrogens with zero attached hydrogens (tertiary/aromatic N) is 1. The third kappa shape index (κ3) is 8.42. The molecule has 1 heterocycles. The smallest absolute Gasteiger partial charge is 0.322 e. The predicted molar refractivity (Wildman–Crippen MR) is 101 cm³/mol. The summed E-state index contributed by atoms with van der Waals surface area (Å²) < 4.78 is 1.75. The van der Waals surface area contributed by atoms with E-state index in [1.165, 1.54) is 38.5 Å². The van der Waals surface area contributed by atoms with Crippen molar-refractivity contribution in [1.82, 2.24) is 9.88 Å². The molecule has 0 radical (unpaired) electrons. The van der Waals surface area contributed by atoms with Crippen LogP contribution >= 0.6 is 0 Å². The van der Waals surface area contributed by atoms with Crippen LogP contribution in [-0.2, 0) is 11.8 Å². The van der Waals surface area contributed by atoms with E-state index in [-0.39, 0.29) is 12.5 Å². The summed E-state index contributed by atoms with van der Waals surface area (Å²) in [4.78, 5) is 22.4. The first-order chi connectivity index (χ1) is 12.1. The Bertz CT molecular complexity index is 552. The molecule has 0 aromatic carbocycles. The SMILES string of the molecule is C=CCCCCCCCCCNc1ccc(C(=O)NCC(=O)O)n1C. The summed E-state index contributed by atoms with van der Waals surface area (Å²) >= 11 is 0. The molecule has 0 unspecified atom stereocenters. The van der Waals surface area contributed by atoms with Crippen molar-refractivity contribution in [2.75, 3.05) is 18.4 Å². The number of allylic oxidation sites excluding steroid dienone is 1. The van der Waals surface area contributed by atoms with Gasteiger partial charge in [-0.3, -0.25) is 9.59 Å². The second-order valence-electron chi connectivity index (χ2n) is 6.22. The van der Waals surface area contributed by atoms with Crippen molar-refractivity contribution < 1.29 is 14.7 Å². The molecule has 1 aromatic heterocycles. The van der Waals surface area contributed by atoms with Crippen molar-refractivity contribution in [2.24, 2.45) is 7.05 Å². The van der Waals surface area contributed by atoms with E-state index >= 15 is 0 Å². The van der Waals surface area contributed by atoms with E-state index in [1.807, 2.05) is 12.1 Å². The van der Waals surface area contributed by atoms with E-state index in [2.05, 4.69) is 17.2 Å². The number of carbonyl (C=O) groups excluding carboxylic acids is 1. The van der Waals surface area contributed by atoms with E-state index in [0.717, 1.165) is 25.2 Å². The number of hydrogen-bond acceptors (Lipinski definition) is 3. The van der Waals surface area contributed by atoms with Crippen molar-refractivity contribution in [3.63, 3.8) is 0 Å². The Morgan fingerprint density at radius 1 is 1.12 bits per heavy atom. The van der Waals surface area contributed by atoms with Gasteiger partial charge in [0.1, 0.15) is 18.1 Å². The monoisotopic (exact) mass is 349 g/mol. The molecule has 3 N–H and O–H groups in total. The Kier molecular flexibility index (Phi) is 10.1. The van der Waals surface area contributed by atoms with Gasteiger partial charge in [0, 0.05) is 13.6 Å². The predicted octanol–water partition coefficient (Wildman–Crippen LogP) is 3.56. The largest absolute Gasteiger partial charge is 0.480 e. The Hall–Kier alpha value is -2.24. The van der Waals surface area contributed by atoms with Crippen molar-refractivity contribution in [1.29, 1.82) is 0 Å². The fourth-order valence-electron chi connectivity index (χ4n) is 2.68. The second-order valence-corrected chi connectivity index (χ2v) is 6.22. The fraction of sp³-hybridized carbons (Fsp3) is 0.579. The molecule has 25 heavy (non-hydrogen) atoms. The number of aromatic nitrogens is 1. The molecule has 0 aliphatic rings. The van der Waals surface area contributed by atoms with Gasteiger partial charge in [0.15, 0.2) is 0 Å². The molecule has 0 bridgehead atoms. The maximum atomic E-state index is 11.9. The summed E-state index contributed by atoms with van der Waals surface area (Å²) in [5.74, 6) is -0.569. The summed E-state index contributed by atoms with van der Waals surface area (Å²) in [6.45, 7) is 4.22. The number of rotatable bonds is 14. The average molecular weight is 349 g/mol. The van der Waals surface area contributed by atoms with Crippen LogP contribution in [0.15, 0.2) is 24.8 Å². The lowest BCUT2D eigenvalue weighted by atomic mass is 10.1. The molecule has 1 rings (SSSR count). The molecular formula is C19H31N3O3. The van der Waals surface area contributed by atoms with Crippen LogP contribution in [0.5, 0.6) is 0 Å². The van der Waals surface area contributed by atoms with Crippen molar-refractivity contribution in [3.05, 3.63) is 30.5 Å². The lowest BCUT2D eigenvalue weighted by molar-refractivity contribution is -0.135. The van der Waals surface area contributed by atoms with Crippen LogP contribution in [0, 0.1) is 0 Å². The number of amides is 1. The minimum Gasteiger partial charge on any atom is -0.480 e. The van der Waals surface area contributed by atoms with Gasteiger partial charge in [-0.1, -0.05) is 38.2 Å². The minimum atomic E-state index is -1.05. The molecule has 6 heteroatoms. The summed E-state index contributed by atoms with van der Waals surface area (Å²) in [5.41, 5.74) is 0.447. The van der Waals surface area contributed by atoms with Crippen LogP contribution in [0.3, 0.4) is 0 Å². The quantitative estimate of drug-likeness (QED) is 0.354. The lowest BCUT2D eigenvalue weighted by Gasteiger charge is -2.10. The van der Waals surface area contributed by atoms with Crippen LogP contribution < -0.4 is 10.6 Å². The highest BCUT2D eigenvalue weighted by atomic mass is 16.4. The zero-order valence-corrected chi connectivity index (χ0v) is 15.2. The average Bonchev–Trinajstić information content (AvgIpc) is 2.95. The number of carboxylic acid groups (broad SMARTS) is 1. The second kappa shape index (κ2) is 12.2. The van der Waals surface area contributed by atoms with Gasteiger partial charge < -0.3 is 20.3 Å². The zero-order valence-electron chi connectivity index (χ0n) is 15.2. The number of hydrogen-bond donors (Lipinski definition) is 3. The van der Waals surface area contributed by atoms with Crippen LogP contribution in [0.25, 0.3) is 0 Å². The molecule has 0 fully saturated rings. The summed E-state index contributed by atoms with van der Waals surface area (Å²) in [6, 6.07) is 3.54. The highest BCUT2D eigenvalue weighted by Crippen LogP contribution is 2.13. The van der Waals surface area contributed by atoms with Crippen LogP contribution in [0.2, 0.25) is 0 Å². The fourth-order valence-corrected chi connectivity index (χ4v) is 2.68. The molecular weight excluding hydrogens is 318 g/mol. The van der Waals surface area contributed by atoms with Crippen LogP contribution in [0.1, 0.15) is 61.9 Å². The van der Waals surface area contributed by atoms with Gasteiger partial charge in [-0.25, -0.2) is 0 Å². The number of unbranched alkanes of at least 4 members (excludes halogenated alkanes) is 7. The standard InChI is InChI=1S/C19H31N3O3/c1-3-4-5-6-7-8-9-10-11-14-20-17-13-12-16(22(17)2)19(25)21-15-18(23)24/h3,12-13,20H,1,4-11,14-15H2,2H3,(H,21,25)(H,23,24). The van der Waals surface area contributed by atoms with Crippen LogP contribution in [0.4, 0.5) is 5.82 Å². The van der Waals surface area contributed by atoms with Gasteiger partial charge in [0.25, 0.3) is 5.91 Å². The maximum absolute atomic E-state index is 11.9. The molecule has 1 amide bonds. The van der Waals surface area contributed by atoms with E-state index < -0.39 is 5.97 Å². The third-order valence-corrected chi connectivity index (χ3v) is 4.15. The van der Waals surface area contributed by atoms with Gasteiger partial charge in [-0.05, 0) is 31.4 Å². The topological polar surface area (TPSA) is 83.4 Å². The van der Waals surface area contributed by atoms with Gasteiger partial charge >= 0.3 is 5.97 Å². The normalized spacial score (nSPS) is 10.4. The molecule has 6 nitrogen and oxygen atoms in total. The number of anilines is 1. The van der Waals surface area contributed by atoms with Crippen LogP contribution in [-0.4, -0.2) is 34.6 Å². The lowest BCUT2D eigenvalue weighted by Crippen LogP contribution is -2.30. The first-order valence-corrected chi connectivity index (χ1v) is 9.06. The molecule has 0 aliphatic heterocycles. The first-order valence-electron chi connectivity index (χ1n) is 9.06. The zero-order chi connectivity index (χ0) is 18.5. The number of carbonyl (C=O) groups is 2. The van der Waals surface area contributed by atoms with E-state index in [0.29, 0.717) is 5.69 Å². The highest BCUT2D eigenvalue weighted by molar-refractivity contribution is 5.95.